The summed E-state index contributed by atoms with van der Waals surface area (Å²) in [5, 5.41) is 0. The maximum absolute atomic E-state index is 9.33. The number of rotatable bonds is 5. The van der Waals surface area contributed by atoms with E-state index < -0.39 is 10.4 Å². The Balaban J connectivity index is 0.000000321. The Morgan fingerprint density at radius 2 is 1.78 bits per heavy atom. The predicted octanol–water partition coefficient (Wildman–Crippen LogP) is 3.50. The van der Waals surface area contributed by atoms with E-state index in [4.69, 9.17) is 0 Å². The van der Waals surface area contributed by atoms with Crippen molar-refractivity contribution in [3.63, 3.8) is 0 Å². The molecule has 2 bridgehead atoms. The van der Waals surface area contributed by atoms with Crippen molar-refractivity contribution >= 4 is 10.4 Å². The summed E-state index contributed by atoms with van der Waals surface area (Å²) in [5.74, 6) is 0.936. The van der Waals surface area contributed by atoms with Crippen molar-refractivity contribution in [2.45, 2.75) is 52.6 Å². The normalized spacial score (nSPS) is 29.3. The van der Waals surface area contributed by atoms with Gasteiger partial charge in [0.2, 0.25) is 10.4 Å². The van der Waals surface area contributed by atoms with Crippen molar-refractivity contribution in [3.05, 3.63) is 35.9 Å². The summed E-state index contributed by atoms with van der Waals surface area (Å²) in [6.07, 6.45) is 4.29. The Kier molecular flexibility index (Phi) is 6.44. The monoisotopic (exact) mass is 399 g/mol. The maximum atomic E-state index is 9.33. The Hall–Kier alpha value is -0.990. The van der Waals surface area contributed by atoms with E-state index in [0.29, 0.717) is 10.8 Å². The van der Waals surface area contributed by atoms with Crippen LogP contribution in [-0.4, -0.2) is 44.7 Å². The lowest BCUT2D eigenvalue weighted by atomic mass is 9.68. The molecule has 7 heteroatoms. The summed E-state index contributed by atoms with van der Waals surface area (Å²) in [6.45, 7) is 8.76. The quantitative estimate of drug-likeness (QED) is 0.249. The first-order chi connectivity index (χ1) is 12.3. The average molecular weight is 400 g/mol. The van der Waals surface area contributed by atoms with Crippen molar-refractivity contribution in [1.29, 1.82) is 0 Å². The molecule has 0 N–H and O–H groups in total. The highest BCUT2D eigenvalue weighted by Gasteiger charge is 2.65. The van der Waals surface area contributed by atoms with Crippen LogP contribution in [-0.2, 0) is 26.2 Å². The smallest absolute Gasteiger partial charge is 0.245 e. The van der Waals surface area contributed by atoms with Gasteiger partial charge in [0.05, 0.1) is 27.2 Å². The third-order valence-electron chi connectivity index (χ3n) is 7.18. The lowest BCUT2D eigenvalue weighted by Crippen LogP contribution is -2.55. The van der Waals surface area contributed by atoms with E-state index in [2.05, 4.69) is 74.4 Å². The topological polar surface area (TPSA) is 75.7 Å². The summed E-state index contributed by atoms with van der Waals surface area (Å²) in [4.78, 5) is 3.51. The zero-order chi connectivity index (χ0) is 20.5. The molecule has 3 rings (SSSR count). The molecule has 0 saturated heterocycles. The number of benzene rings is 1. The van der Waals surface area contributed by atoms with Crippen LogP contribution >= 0.6 is 0 Å². The molecule has 3 atom stereocenters. The van der Waals surface area contributed by atoms with Crippen molar-refractivity contribution in [3.8, 4) is 0 Å². The van der Waals surface area contributed by atoms with Crippen LogP contribution in [0.4, 0.5) is 0 Å². The van der Waals surface area contributed by atoms with Crippen LogP contribution in [0.5, 0.6) is 0 Å². The van der Waals surface area contributed by atoms with E-state index in [0.717, 1.165) is 30.1 Å². The van der Waals surface area contributed by atoms with Crippen molar-refractivity contribution in [2.24, 2.45) is 16.7 Å². The first-order valence-electron chi connectivity index (χ1n) is 9.38. The first kappa shape index (κ1) is 22.3. The van der Waals surface area contributed by atoms with Gasteiger partial charge in [0.1, 0.15) is 6.54 Å². The Bertz CT molecular complexity index is 732. The summed E-state index contributed by atoms with van der Waals surface area (Å²) in [6, 6.07) is 11.8. The van der Waals surface area contributed by atoms with Crippen molar-refractivity contribution < 1.29 is 26.7 Å². The van der Waals surface area contributed by atoms with Gasteiger partial charge in [-0.2, -0.15) is 0 Å². The molecule has 0 aliphatic heterocycles. The molecule has 2 aliphatic carbocycles. The van der Waals surface area contributed by atoms with Gasteiger partial charge in [-0.1, -0.05) is 51.1 Å². The molecule has 2 saturated carbocycles. The second-order valence-corrected chi connectivity index (χ2v) is 10.1. The van der Waals surface area contributed by atoms with E-state index in [1.54, 1.807) is 0 Å². The van der Waals surface area contributed by atoms with E-state index in [-0.39, 0.29) is 0 Å². The number of quaternary nitrogens is 1. The second kappa shape index (κ2) is 7.79. The van der Waals surface area contributed by atoms with Gasteiger partial charge in [0.15, 0.2) is 0 Å². The van der Waals surface area contributed by atoms with E-state index in [9.17, 15) is 13.0 Å². The summed E-state index contributed by atoms with van der Waals surface area (Å²) in [7, 11) is 1.17. The van der Waals surface area contributed by atoms with Gasteiger partial charge in [0, 0.05) is 17.4 Å². The van der Waals surface area contributed by atoms with E-state index in [1.807, 2.05) is 0 Å². The standard InChI is InChI=1S/C19H30N.CH4O5S/c1-18(2)16-11-12-19(18,3)17(13-16)20(4,5)14-15-9-7-6-8-10-15;1-5-6-7(2,3)4/h6-10,16-17H,11-14H2,1-5H3;1H3,(H,2,3,4)/q+1;/p-1. The van der Waals surface area contributed by atoms with Gasteiger partial charge < -0.3 is 9.04 Å². The molecule has 2 fully saturated rings. The zero-order valence-electron chi connectivity index (χ0n) is 17.3. The van der Waals surface area contributed by atoms with Gasteiger partial charge in [-0.05, 0) is 24.2 Å². The van der Waals surface area contributed by atoms with Gasteiger partial charge in [0.25, 0.3) is 0 Å². The second-order valence-electron chi connectivity index (χ2n) is 9.19. The molecule has 0 radical (unpaired) electrons. The Morgan fingerprint density at radius 3 is 2.15 bits per heavy atom. The minimum atomic E-state index is -4.65. The fourth-order valence-electron chi connectivity index (χ4n) is 5.47. The SMILES string of the molecule is CC1(C)C2CCC1(C)C([N+](C)(C)Cc1ccccc1)C2.COOS(=O)(=O)[O-]. The molecular weight excluding hydrogens is 366 g/mol. The van der Waals surface area contributed by atoms with Crippen molar-refractivity contribution in [1.82, 2.24) is 0 Å². The molecule has 154 valence electrons. The van der Waals surface area contributed by atoms with Crippen LogP contribution in [0.1, 0.15) is 45.6 Å². The Morgan fingerprint density at radius 1 is 1.19 bits per heavy atom. The largest absolute Gasteiger partial charge is 0.724 e. The van der Waals surface area contributed by atoms with E-state index in [1.165, 1.54) is 24.8 Å². The number of hydrogen-bond donors (Lipinski definition) is 0. The first-order valence-corrected chi connectivity index (χ1v) is 10.7. The molecular formula is C20H33NO5S. The molecule has 0 spiro atoms. The summed E-state index contributed by atoms with van der Waals surface area (Å²) >= 11 is 0. The number of fused-ring (bicyclic) bond motifs is 2. The lowest BCUT2D eigenvalue weighted by molar-refractivity contribution is -0.935. The van der Waals surface area contributed by atoms with Crippen LogP contribution in [0.2, 0.25) is 0 Å². The van der Waals surface area contributed by atoms with Crippen LogP contribution < -0.4 is 0 Å². The maximum Gasteiger partial charge on any atom is 0.245 e. The van der Waals surface area contributed by atoms with Gasteiger partial charge in [-0.3, -0.25) is 0 Å². The van der Waals surface area contributed by atoms with Crippen LogP contribution in [0, 0.1) is 16.7 Å². The minimum absolute atomic E-state index is 0.510. The third-order valence-corrected chi connectivity index (χ3v) is 7.48. The molecule has 1 aromatic carbocycles. The van der Waals surface area contributed by atoms with Gasteiger partial charge in [-0.25, -0.2) is 13.3 Å². The van der Waals surface area contributed by atoms with Crippen LogP contribution in [0.15, 0.2) is 30.3 Å². The molecule has 3 unspecified atom stereocenters. The highest BCUT2D eigenvalue weighted by Crippen LogP contribution is 2.67. The predicted molar refractivity (Wildman–Crippen MR) is 103 cm³/mol. The summed E-state index contributed by atoms with van der Waals surface area (Å²) < 4.78 is 32.3. The van der Waals surface area contributed by atoms with Gasteiger partial charge in [-0.15, -0.1) is 4.33 Å². The number of nitrogens with zero attached hydrogens (tertiary/aromatic N) is 1. The molecule has 2 aliphatic rings. The number of hydrogen-bond acceptors (Lipinski definition) is 5. The zero-order valence-corrected chi connectivity index (χ0v) is 18.1. The minimum Gasteiger partial charge on any atom is -0.724 e. The van der Waals surface area contributed by atoms with E-state index >= 15 is 0 Å². The average Bonchev–Trinajstić information content (AvgIpc) is 2.88. The third kappa shape index (κ3) is 4.71. The van der Waals surface area contributed by atoms with Crippen LogP contribution in [0.25, 0.3) is 0 Å². The molecule has 6 nitrogen and oxygen atoms in total. The summed E-state index contributed by atoms with van der Waals surface area (Å²) in [5.41, 5.74) is 2.50. The fraction of sp³-hybridized carbons (Fsp3) is 0.700. The van der Waals surface area contributed by atoms with Crippen molar-refractivity contribution in [2.75, 3.05) is 21.2 Å². The highest BCUT2D eigenvalue weighted by atomic mass is 32.3. The van der Waals surface area contributed by atoms with Crippen LogP contribution in [0.3, 0.4) is 0 Å². The fourth-order valence-corrected chi connectivity index (χ4v) is 5.63. The molecule has 0 amide bonds. The molecule has 1 aromatic rings. The molecule has 0 aromatic heterocycles. The molecule has 0 heterocycles. The van der Waals surface area contributed by atoms with Gasteiger partial charge >= 0.3 is 0 Å². The highest BCUT2D eigenvalue weighted by molar-refractivity contribution is 7.80. The molecule has 27 heavy (non-hydrogen) atoms. The lowest BCUT2D eigenvalue weighted by Gasteiger charge is -2.47. The Labute approximate surface area is 163 Å².